The molecule has 0 aliphatic carbocycles. The van der Waals surface area contributed by atoms with E-state index in [1.807, 2.05) is 23.1 Å². The van der Waals surface area contributed by atoms with Crippen molar-refractivity contribution in [3.63, 3.8) is 0 Å². The number of ether oxygens (including phenoxy) is 2. The first kappa shape index (κ1) is 21.2. The highest BCUT2D eigenvalue weighted by molar-refractivity contribution is 5.94. The molecule has 0 atom stereocenters. The van der Waals surface area contributed by atoms with Gasteiger partial charge < -0.3 is 19.3 Å². The Bertz CT molecular complexity index is 950. The molecule has 2 aromatic rings. The van der Waals surface area contributed by atoms with Crippen LogP contribution in [0.15, 0.2) is 42.5 Å². The molecule has 2 aromatic carbocycles. The Labute approximate surface area is 190 Å². The van der Waals surface area contributed by atoms with Gasteiger partial charge in [0.25, 0.3) is 5.91 Å². The van der Waals surface area contributed by atoms with Crippen molar-refractivity contribution in [3.8, 4) is 11.5 Å². The van der Waals surface area contributed by atoms with Crippen molar-refractivity contribution in [1.29, 1.82) is 0 Å². The van der Waals surface area contributed by atoms with Gasteiger partial charge in [-0.25, -0.2) is 0 Å². The number of carbonyl (C=O) groups is 1. The molecule has 3 aliphatic rings. The number of rotatable bonds is 5. The summed E-state index contributed by atoms with van der Waals surface area (Å²) in [7, 11) is 2.11. The smallest absolute Gasteiger partial charge is 0.253 e. The molecule has 3 heterocycles. The van der Waals surface area contributed by atoms with E-state index < -0.39 is 0 Å². The minimum atomic E-state index is 0.161. The number of nitrogens with zero attached hydrogens (tertiary/aromatic N) is 4. The van der Waals surface area contributed by atoms with Crippen molar-refractivity contribution >= 4 is 5.91 Å². The number of benzene rings is 2. The van der Waals surface area contributed by atoms with Gasteiger partial charge in [0, 0.05) is 71.0 Å². The van der Waals surface area contributed by atoms with Crippen molar-refractivity contribution in [2.24, 2.45) is 0 Å². The lowest BCUT2D eigenvalue weighted by molar-refractivity contribution is 0.0663. The molecule has 2 fully saturated rings. The molecule has 2 saturated heterocycles. The standard InChI is InChI=1S/C25H32N4O3/c1-26-7-13-29(14-8-26)25(30)22-4-2-3-20(15-22)17-27-9-11-28(12-10-27)18-21-5-6-23-24(16-21)32-19-31-23/h2-6,15-16H,7-14,17-19H2,1H3. The molecule has 7 nitrogen and oxygen atoms in total. The number of carbonyl (C=O) groups excluding carboxylic acids is 1. The number of fused-ring (bicyclic) bond motifs is 1. The van der Waals surface area contributed by atoms with Crippen molar-refractivity contribution in [1.82, 2.24) is 19.6 Å². The third-order valence-electron chi connectivity index (χ3n) is 6.68. The van der Waals surface area contributed by atoms with Crippen LogP contribution in [0.4, 0.5) is 0 Å². The van der Waals surface area contributed by atoms with Crippen LogP contribution in [0.1, 0.15) is 21.5 Å². The van der Waals surface area contributed by atoms with E-state index in [-0.39, 0.29) is 5.91 Å². The van der Waals surface area contributed by atoms with E-state index >= 15 is 0 Å². The van der Waals surface area contributed by atoms with Gasteiger partial charge in [-0.15, -0.1) is 0 Å². The van der Waals surface area contributed by atoms with Crippen LogP contribution in [0.2, 0.25) is 0 Å². The van der Waals surface area contributed by atoms with E-state index in [2.05, 4.69) is 46.0 Å². The highest BCUT2D eigenvalue weighted by atomic mass is 16.7. The molecule has 1 amide bonds. The number of likely N-dealkylation sites (N-methyl/N-ethyl adjacent to an activating group) is 1. The van der Waals surface area contributed by atoms with E-state index in [0.717, 1.165) is 82.5 Å². The third kappa shape index (κ3) is 4.90. The summed E-state index contributed by atoms with van der Waals surface area (Å²) in [5, 5.41) is 0. The fourth-order valence-corrected chi connectivity index (χ4v) is 4.66. The first-order chi connectivity index (χ1) is 15.6. The van der Waals surface area contributed by atoms with Crippen LogP contribution in [-0.2, 0) is 13.1 Å². The molecule has 0 aromatic heterocycles. The molecule has 0 bridgehead atoms. The van der Waals surface area contributed by atoms with Crippen molar-refractivity contribution in [2.75, 3.05) is 66.2 Å². The number of piperazine rings is 2. The molecule has 0 saturated carbocycles. The SMILES string of the molecule is CN1CCN(C(=O)c2cccc(CN3CCN(Cc4ccc5c(c4)OCO5)CC3)c2)CC1. The summed E-state index contributed by atoms with van der Waals surface area (Å²) in [5.41, 5.74) is 3.29. The maximum atomic E-state index is 12.9. The summed E-state index contributed by atoms with van der Waals surface area (Å²) in [6, 6.07) is 14.4. The Balaban J connectivity index is 1.13. The van der Waals surface area contributed by atoms with Gasteiger partial charge in [-0.2, -0.15) is 0 Å². The average Bonchev–Trinajstić information content (AvgIpc) is 3.29. The number of hydrogen-bond donors (Lipinski definition) is 0. The molecule has 0 radical (unpaired) electrons. The maximum Gasteiger partial charge on any atom is 0.253 e. The minimum Gasteiger partial charge on any atom is -0.454 e. The Morgan fingerprint density at radius 1 is 0.781 bits per heavy atom. The summed E-state index contributed by atoms with van der Waals surface area (Å²) in [6.07, 6.45) is 0. The maximum absolute atomic E-state index is 12.9. The van der Waals surface area contributed by atoms with Crippen LogP contribution in [0.25, 0.3) is 0 Å². The van der Waals surface area contributed by atoms with Gasteiger partial charge in [-0.05, 0) is 42.4 Å². The monoisotopic (exact) mass is 436 g/mol. The Hall–Kier alpha value is -2.61. The second-order valence-electron chi connectivity index (χ2n) is 9.04. The minimum absolute atomic E-state index is 0.161. The van der Waals surface area contributed by atoms with E-state index in [9.17, 15) is 4.79 Å². The fourth-order valence-electron chi connectivity index (χ4n) is 4.66. The van der Waals surface area contributed by atoms with Crippen molar-refractivity contribution in [2.45, 2.75) is 13.1 Å². The van der Waals surface area contributed by atoms with Gasteiger partial charge in [0.2, 0.25) is 6.79 Å². The van der Waals surface area contributed by atoms with Crippen LogP contribution in [-0.4, -0.2) is 91.7 Å². The average molecular weight is 437 g/mol. The van der Waals surface area contributed by atoms with Gasteiger partial charge in [0.05, 0.1) is 0 Å². The van der Waals surface area contributed by atoms with Crippen LogP contribution in [0.3, 0.4) is 0 Å². The summed E-state index contributed by atoms with van der Waals surface area (Å²) in [6.45, 7) is 9.78. The Morgan fingerprint density at radius 3 is 2.16 bits per heavy atom. The van der Waals surface area contributed by atoms with Gasteiger partial charge in [0.1, 0.15) is 0 Å². The van der Waals surface area contributed by atoms with Crippen molar-refractivity contribution < 1.29 is 14.3 Å². The van der Waals surface area contributed by atoms with Gasteiger partial charge in [-0.1, -0.05) is 18.2 Å². The lowest BCUT2D eigenvalue weighted by atomic mass is 10.1. The Kier molecular flexibility index (Phi) is 6.30. The van der Waals surface area contributed by atoms with Crippen LogP contribution >= 0.6 is 0 Å². The van der Waals surface area contributed by atoms with E-state index in [1.165, 1.54) is 11.1 Å². The van der Waals surface area contributed by atoms with E-state index in [4.69, 9.17) is 9.47 Å². The molecular weight excluding hydrogens is 404 g/mol. The van der Waals surface area contributed by atoms with Gasteiger partial charge >= 0.3 is 0 Å². The van der Waals surface area contributed by atoms with Gasteiger partial charge in [-0.3, -0.25) is 14.6 Å². The van der Waals surface area contributed by atoms with Gasteiger partial charge in [0.15, 0.2) is 11.5 Å². The zero-order chi connectivity index (χ0) is 21.9. The zero-order valence-corrected chi connectivity index (χ0v) is 18.8. The highest BCUT2D eigenvalue weighted by Gasteiger charge is 2.22. The van der Waals surface area contributed by atoms with E-state index in [0.29, 0.717) is 6.79 Å². The quantitative estimate of drug-likeness (QED) is 0.716. The van der Waals surface area contributed by atoms with Crippen LogP contribution in [0.5, 0.6) is 11.5 Å². The predicted octanol–water partition coefficient (Wildman–Crippen LogP) is 2.12. The van der Waals surface area contributed by atoms with Crippen molar-refractivity contribution in [3.05, 3.63) is 59.2 Å². The summed E-state index contributed by atoms with van der Waals surface area (Å²) >= 11 is 0. The molecule has 0 N–H and O–H groups in total. The van der Waals surface area contributed by atoms with E-state index in [1.54, 1.807) is 0 Å². The lowest BCUT2D eigenvalue weighted by Gasteiger charge is -2.35. The number of hydrogen-bond acceptors (Lipinski definition) is 6. The molecule has 5 rings (SSSR count). The summed E-state index contributed by atoms with van der Waals surface area (Å²) < 4.78 is 10.9. The normalized spacial score (nSPS) is 20.0. The Morgan fingerprint density at radius 2 is 1.44 bits per heavy atom. The van der Waals surface area contributed by atoms with Crippen LogP contribution in [0, 0.1) is 0 Å². The molecule has 170 valence electrons. The topological polar surface area (TPSA) is 48.5 Å². The second-order valence-corrected chi connectivity index (χ2v) is 9.04. The van der Waals surface area contributed by atoms with Crippen LogP contribution < -0.4 is 9.47 Å². The molecular formula is C25H32N4O3. The zero-order valence-electron chi connectivity index (χ0n) is 18.8. The predicted molar refractivity (Wildman–Crippen MR) is 123 cm³/mol. The first-order valence-corrected chi connectivity index (χ1v) is 11.5. The summed E-state index contributed by atoms with van der Waals surface area (Å²) in [4.78, 5) is 22.1. The molecule has 0 unspecified atom stereocenters. The highest BCUT2D eigenvalue weighted by Crippen LogP contribution is 2.32. The molecule has 3 aliphatic heterocycles. The second kappa shape index (κ2) is 9.48. The lowest BCUT2D eigenvalue weighted by Crippen LogP contribution is -2.47. The molecule has 32 heavy (non-hydrogen) atoms. The summed E-state index contributed by atoms with van der Waals surface area (Å²) in [5.74, 6) is 1.85. The molecule has 0 spiro atoms. The first-order valence-electron chi connectivity index (χ1n) is 11.5. The third-order valence-corrected chi connectivity index (χ3v) is 6.68. The molecule has 7 heteroatoms. The largest absolute Gasteiger partial charge is 0.454 e. The number of amides is 1. The fraction of sp³-hybridized carbons (Fsp3) is 0.480.